The second-order valence-corrected chi connectivity index (χ2v) is 9.56. The van der Waals surface area contributed by atoms with Crippen LogP contribution in [0.1, 0.15) is 16.7 Å². The fraction of sp³-hybridized carbons (Fsp3) is 0.0769. The Hall–Kier alpha value is -3.81. The van der Waals surface area contributed by atoms with Crippen LogP contribution in [0, 0.1) is 6.92 Å². The van der Waals surface area contributed by atoms with Gasteiger partial charge in [-0.05, 0) is 30.7 Å². The van der Waals surface area contributed by atoms with Gasteiger partial charge in [0.25, 0.3) is 11.5 Å². The Balaban J connectivity index is 1.49. The lowest BCUT2D eigenvalue weighted by molar-refractivity contribution is -0.113. The van der Waals surface area contributed by atoms with Crippen LogP contribution in [0.5, 0.6) is 0 Å². The quantitative estimate of drug-likeness (QED) is 0.384. The Morgan fingerprint density at radius 1 is 0.971 bits per heavy atom. The van der Waals surface area contributed by atoms with Crippen LogP contribution in [0.25, 0.3) is 21.9 Å². The molecule has 0 aliphatic carbocycles. The number of para-hydroxylation sites is 1. The molecule has 0 spiro atoms. The Bertz CT molecular complexity index is 1710. The topological polar surface area (TPSA) is 67.6 Å². The molecule has 0 N–H and O–H groups in total. The summed E-state index contributed by atoms with van der Waals surface area (Å²) in [5.74, 6) is 0.222. The summed E-state index contributed by atoms with van der Waals surface area (Å²) in [6.07, 6.45) is 0. The molecule has 0 atom stereocenters. The molecule has 0 saturated heterocycles. The number of benzene rings is 3. The fourth-order valence-corrected chi connectivity index (χ4v) is 5.36. The number of carbonyl (C=O) groups excluding carboxylic acids is 1. The van der Waals surface area contributed by atoms with Crippen molar-refractivity contribution in [1.29, 1.82) is 0 Å². The minimum Gasteiger partial charge on any atom is -0.303 e. The van der Waals surface area contributed by atoms with E-state index in [4.69, 9.17) is 11.6 Å². The van der Waals surface area contributed by atoms with E-state index >= 15 is 0 Å². The number of rotatable bonds is 3. The molecule has 0 bridgehead atoms. The number of carbonyl (C=O) groups is 1. The summed E-state index contributed by atoms with van der Waals surface area (Å²) in [4.78, 5) is 33.6. The van der Waals surface area contributed by atoms with Gasteiger partial charge in [0.15, 0.2) is 5.82 Å². The number of fused-ring (bicyclic) bond motifs is 2. The Morgan fingerprint density at radius 2 is 1.76 bits per heavy atom. The Morgan fingerprint density at radius 3 is 2.53 bits per heavy atom. The fourth-order valence-electron chi connectivity index (χ4n) is 4.17. The molecule has 0 radical (unpaired) electrons. The van der Waals surface area contributed by atoms with Crippen molar-refractivity contribution in [3.05, 3.63) is 109 Å². The van der Waals surface area contributed by atoms with Crippen LogP contribution in [0.3, 0.4) is 0 Å². The van der Waals surface area contributed by atoms with Crippen molar-refractivity contribution in [2.24, 2.45) is 0 Å². The molecule has 166 valence electrons. The summed E-state index contributed by atoms with van der Waals surface area (Å²) < 4.78 is 1.61. The lowest BCUT2D eigenvalue weighted by atomic mass is 10.1. The van der Waals surface area contributed by atoms with E-state index in [0.717, 1.165) is 27.9 Å². The lowest BCUT2D eigenvalue weighted by Crippen LogP contribution is -2.32. The first kappa shape index (κ1) is 20.8. The molecule has 3 heterocycles. The third kappa shape index (κ3) is 3.32. The van der Waals surface area contributed by atoms with Crippen LogP contribution in [-0.2, 0) is 11.3 Å². The molecule has 0 unspecified atom stereocenters. The van der Waals surface area contributed by atoms with E-state index in [1.807, 2.05) is 67.6 Å². The molecule has 8 heteroatoms. The summed E-state index contributed by atoms with van der Waals surface area (Å²) in [6.45, 7) is 2.45. The number of anilines is 1. The maximum absolute atomic E-state index is 13.6. The van der Waals surface area contributed by atoms with Crippen molar-refractivity contribution in [2.45, 2.75) is 13.5 Å². The number of hydrogen-bond donors (Lipinski definition) is 0. The first-order valence-corrected chi connectivity index (χ1v) is 11.9. The van der Waals surface area contributed by atoms with E-state index in [1.54, 1.807) is 17.0 Å². The predicted octanol–water partition coefficient (Wildman–Crippen LogP) is 4.24. The number of amides is 1. The Kier molecular flexibility index (Phi) is 4.83. The number of nitrogens with zero attached hydrogens (tertiary/aromatic N) is 4. The molecule has 0 fully saturated rings. The molecular weight excluding hydrogens is 468 g/mol. The van der Waals surface area contributed by atoms with E-state index in [2.05, 4.69) is 10.1 Å². The minimum atomic E-state index is -0.351. The maximum atomic E-state index is 13.6. The van der Waals surface area contributed by atoms with Gasteiger partial charge < -0.3 is 4.90 Å². The molecule has 0 saturated carbocycles. The van der Waals surface area contributed by atoms with Gasteiger partial charge in [0.2, 0.25) is 4.96 Å². The molecule has 3 aromatic carbocycles. The summed E-state index contributed by atoms with van der Waals surface area (Å²) in [5.41, 5.74) is 4.49. The highest BCUT2D eigenvalue weighted by atomic mass is 35.5. The van der Waals surface area contributed by atoms with Gasteiger partial charge in [0, 0.05) is 16.1 Å². The third-order valence-corrected chi connectivity index (χ3v) is 7.12. The highest BCUT2D eigenvalue weighted by Crippen LogP contribution is 2.36. The number of thiazole rings is 1. The zero-order valence-corrected chi connectivity index (χ0v) is 19.6. The van der Waals surface area contributed by atoms with Crippen molar-refractivity contribution in [1.82, 2.24) is 14.6 Å². The van der Waals surface area contributed by atoms with Gasteiger partial charge >= 0.3 is 0 Å². The van der Waals surface area contributed by atoms with Crippen LogP contribution in [0.2, 0.25) is 5.02 Å². The number of halogens is 1. The molecule has 6 rings (SSSR count). The number of hydrogen-bond acceptors (Lipinski definition) is 5. The highest BCUT2D eigenvalue weighted by Gasteiger charge is 2.34. The van der Waals surface area contributed by atoms with E-state index in [9.17, 15) is 9.59 Å². The monoisotopic (exact) mass is 484 g/mol. The van der Waals surface area contributed by atoms with Gasteiger partial charge in [0.05, 0.1) is 17.8 Å². The van der Waals surface area contributed by atoms with Gasteiger partial charge in [-0.25, -0.2) is 0 Å². The summed E-state index contributed by atoms with van der Waals surface area (Å²) in [7, 11) is 0. The molecule has 1 aliphatic rings. The maximum Gasteiger partial charge on any atom is 0.291 e. The zero-order chi connectivity index (χ0) is 23.4. The van der Waals surface area contributed by atoms with Gasteiger partial charge in [-0.1, -0.05) is 83.1 Å². The van der Waals surface area contributed by atoms with Crippen molar-refractivity contribution in [2.75, 3.05) is 4.90 Å². The van der Waals surface area contributed by atoms with Crippen molar-refractivity contribution >= 4 is 45.1 Å². The standard InChI is InChI=1S/C26H17ClN4O2S/c1-15-9-11-16(12-10-15)14-30-20-8-3-2-7-19(20)21(24(30)32)22-25(33)31-26(34-22)28-23(29-31)17-5-4-6-18(27)13-17/h2-13H,14H2,1H3. The Labute approximate surface area is 203 Å². The smallest absolute Gasteiger partial charge is 0.291 e. The average Bonchev–Trinajstić information content (AvgIpc) is 3.47. The average molecular weight is 485 g/mol. The van der Waals surface area contributed by atoms with E-state index in [-0.39, 0.29) is 11.5 Å². The van der Waals surface area contributed by atoms with E-state index < -0.39 is 0 Å². The van der Waals surface area contributed by atoms with Gasteiger partial charge in [-0.3, -0.25) is 9.59 Å². The second kappa shape index (κ2) is 7.90. The minimum absolute atomic E-state index is 0.196. The van der Waals surface area contributed by atoms with Gasteiger partial charge in [0.1, 0.15) is 4.53 Å². The second-order valence-electron chi connectivity index (χ2n) is 8.15. The predicted molar refractivity (Wildman–Crippen MR) is 134 cm³/mol. The zero-order valence-electron chi connectivity index (χ0n) is 18.0. The van der Waals surface area contributed by atoms with E-state index in [1.165, 1.54) is 15.9 Å². The van der Waals surface area contributed by atoms with E-state index in [0.29, 0.717) is 32.5 Å². The SMILES string of the molecule is Cc1ccc(CN2C(=O)C(=c3sc4nc(-c5cccc(Cl)c5)nn4c3=O)c3ccccc32)cc1. The van der Waals surface area contributed by atoms with Crippen molar-refractivity contribution in [3.8, 4) is 11.4 Å². The largest absolute Gasteiger partial charge is 0.303 e. The summed E-state index contributed by atoms with van der Waals surface area (Å²) in [6, 6.07) is 22.8. The number of aromatic nitrogens is 3. The van der Waals surface area contributed by atoms with Crippen molar-refractivity contribution < 1.29 is 4.79 Å². The van der Waals surface area contributed by atoms with Crippen LogP contribution in [0.4, 0.5) is 5.69 Å². The first-order valence-electron chi connectivity index (χ1n) is 10.7. The molecular formula is C26H17ClN4O2S. The van der Waals surface area contributed by atoms with Gasteiger partial charge in [-0.15, -0.1) is 5.10 Å². The van der Waals surface area contributed by atoms with Crippen LogP contribution in [-0.4, -0.2) is 20.5 Å². The lowest BCUT2D eigenvalue weighted by Gasteiger charge is -2.17. The van der Waals surface area contributed by atoms with Crippen LogP contribution < -0.4 is 15.0 Å². The normalized spacial score (nSPS) is 14.8. The highest BCUT2D eigenvalue weighted by molar-refractivity contribution is 7.15. The van der Waals surface area contributed by atoms with Gasteiger partial charge in [-0.2, -0.15) is 9.50 Å². The molecule has 1 amide bonds. The molecule has 34 heavy (non-hydrogen) atoms. The first-order chi connectivity index (χ1) is 16.5. The summed E-state index contributed by atoms with van der Waals surface area (Å²) >= 11 is 7.26. The third-order valence-electron chi connectivity index (χ3n) is 5.85. The number of aryl methyl sites for hydroxylation is 1. The molecule has 2 aromatic heterocycles. The van der Waals surface area contributed by atoms with Crippen molar-refractivity contribution in [3.63, 3.8) is 0 Å². The molecule has 6 nitrogen and oxygen atoms in total. The van der Waals surface area contributed by atoms with Crippen LogP contribution in [0.15, 0.2) is 77.6 Å². The van der Waals surface area contributed by atoms with Crippen LogP contribution >= 0.6 is 22.9 Å². The summed E-state index contributed by atoms with van der Waals surface area (Å²) in [5, 5.41) is 4.96. The molecule has 5 aromatic rings. The molecule has 1 aliphatic heterocycles.